The van der Waals surface area contributed by atoms with Gasteiger partial charge in [0.25, 0.3) is 5.91 Å². The number of primary amides is 1. The maximum absolute atomic E-state index is 13.0. The Bertz CT molecular complexity index is 997. The summed E-state index contributed by atoms with van der Waals surface area (Å²) in [6, 6.07) is 15.1. The Balaban J connectivity index is 1.60. The second-order valence-electron chi connectivity index (χ2n) is 6.51. The highest BCUT2D eigenvalue weighted by atomic mass is 16.2. The Kier molecular flexibility index (Phi) is 4.42. The van der Waals surface area contributed by atoms with Crippen LogP contribution in [0.1, 0.15) is 38.4 Å². The van der Waals surface area contributed by atoms with E-state index in [1.807, 2.05) is 36.4 Å². The van der Waals surface area contributed by atoms with Gasteiger partial charge in [0, 0.05) is 17.8 Å². The van der Waals surface area contributed by atoms with E-state index in [4.69, 9.17) is 5.73 Å². The highest BCUT2D eigenvalue weighted by molar-refractivity contribution is 6.06. The first-order valence-corrected chi connectivity index (χ1v) is 8.81. The van der Waals surface area contributed by atoms with E-state index in [9.17, 15) is 9.59 Å². The molecule has 1 aliphatic heterocycles. The van der Waals surface area contributed by atoms with E-state index in [0.717, 1.165) is 29.7 Å². The maximum atomic E-state index is 13.0. The molecule has 4 rings (SSSR count). The van der Waals surface area contributed by atoms with Crippen molar-refractivity contribution >= 4 is 17.5 Å². The van der Waals surface area contributed by atoms with Crippen molar-refractivity contribution in [2.24, 2.45) is 5.73 Å². The minimum absolute atomic E-state index is 0.225. The van der Waals surface area contributed by atoms with E-state index in [1.165, 1.54) is 0 Å². The predicted octanol–water partition coefficient (Wildman–Crippen LogP) is 2.02. The Morgan fingerprint density at radius 3 is 2.67 bits per heavy atom. The molecule has 1 aromatic heterocycles. The number of hydrogen-bond acceptors (Lipinski definition) is 4. The van der Waals surface area contributed by atoms with Crippen LogP contribution in [0, 0.1) is 0 Å². The van der Waals surface area contributed by atoms with Gasteiger partial charge < -0.3 is 10.6 Å². The van der Waals surface area contributed by atoms with Crippen LogP contribution in [0.3, 0.4) is 0 Å². The van der Waals surface area contributed by atoms with Crippen molar-refractivity contribution in [3.63, 3.8) is 0 Å². The first-order valence-electron chi connectivity index (χ1n) is 8.81. The van der Waals surface area contributed by atoms with Crippen molar-refractivity contribution in [2.75, 3.05) is 11.4 Å². The Labute approximate surface area is 156 Å². The molecule has 0 saturated heterocycles. The van der Waals surface area contributed by atoms with Crippen LogP contribution in [0.15, 0.2) is 54.7 Å². The standard InChI is InChI=1S/C20H19N5O2/c21-19(26)16-8-4-10-18-15(16)9-5-11-25(18)20(27)17-13-24(23-22-17)12-14-6-2-1-3-7-14/h1-4,6-8,10,13H,5,9,11-12H2,(H2,21,26). The molecule has 0 atom stereocenters. The average molecular weight is 361 g/mol. The van der Waals surface area contributed by atoms with Gasteiger partial charge in [-0.3, -0.25) is 9.59 Å². The first-order chi connectivity index (χ1) is 13.1. The van der Waals surface area contributed by atoms with E-state index in [-0.39, 0.29) is 11.6 Å². The first kappa shape index (κ1) is 17.0. The monoisotopic (exact) mass is 361 g/mol. The van der Waals surface area contributed by atoms with Gasteiger partial charge in [0.2, 0.25) is 5.91 Å². The van der Waals surface area contributed by atoms with Gasteiger partial charge in [0.15, 0.2) is 5.69 Å². The third-order valence-electron chi connectivity index (χ3n) is 4.71. The summed E-state index contributed by atoms with van der Waals surface area (Å²) in [4.78, 5) is 26.3. The van der Waals surface area contributed by atoms with Gasteiger partial charge in [0.1, 0.15) is 0 Å². The van der Waals surface area contributed by atoms with Crippen molar-refractivity contribution in [3.8, 4) is 0 Å². The third kappa shape index (κ3) is 3.31. The lowest BCUT2D eigenvalue weighted by Crippen LogP contribution is -2.36. The van der Waals surface area contributed by atoms with Crippen LogP contribution in [0.2, 0.25) is 0 Å². The molecule has 2 heterocycles. The van der Waals surface area contributed by atoms with Crippen molar-refractivity contribution in [1.82, 2.24) is 15.0 Å². The van der Waals surface area contributed by atoms with Gasteiger partial charge in [-0.25, -0.2) is 4.68 Å². The largest absolute Gasteiger partial charge is 0.366 e. The summed E-state index contributed by atoms with van der Waals surface area (Å²) in [6.07, 6.45) is 3.14. The van der Waals surface area contributed by atoms with E-state index >= 15 is 0 Å². The van der Waals surface area contributed by atoms with Crippen LogP contribution >= 0.6 is 0 Å². The molecule has 0 bridgehead atoms. The van der Waals surface area contributed by atoms with Gasteiger partial charge in [-0.05, 0) is 36.1 Å². The van der Waals surface area contributed by atoms with E-state index in [2.05, 4.69) is 10.3 Å². The zero-order valence-electron chi connectivity index (χ0n) is 14.7. The van der Waals surface area contributed by atoms with Crippen LogP contribution in [0.25, 0.3) is 0 Å². The maximum Gasteiger partial charge on any atom is 0.280 e. The van der Waals surface area contributed by atoms with Crippen molar-refractivity contribution < 1.29 is 9.59 Å². The predicted molar refractivity (Wildman–Crippen MR) is 101 cm³/mol. The number of carbonyl (C=O) groups excluding carboxylic acids is 2. The van der Waals surface area contributed by atoms with Gasteiger partial charge in [-0.1, -0.05) is 41.6 Å². The molecule has 0 aliphatic carbocycles. The number of aromatic nitrogens is 3. The second kappa shape index (κ2) is 7.03. The van der Waals surface area contributed by atoms with Crippen LogP contribution < -0.4 is 10.6 Å². The zero-order chi connectivity index (χ0) is 18.8. The molecule has 0 saturated carbocycles. The van der Waals surface area contributed by atoms with Crippen molar-refractivity contribution in [3.05, 3.63) is 77.1 Å². The fourth-order valence-electron chi connectivity index (χ4n) is 3.45. The second-order valence-corrected chi connectivity index (χ2v) is 6.51. The molecule has 0 fully saturated rings. The molecule has 2 N–H and O–H groups in total. The number of nitrogens with two attached hydrogens (primary N) is 1. The molecule has 7 heteroatoms. The summed E-state index contributed by atoms with van der Waals surface area (Å²) in [5.41, 5.74) is 8.85. The Hall–Kier alpha value is -3.48. The van der Waals surface area contributed by atoms with Gasteiger partial charge in [-0.15, -0.1) is 5.10 Å². The lowest BCUT2D eigenvalue weighted by molar-refractivity contribution is 0.0973. The van der Waals surface area contributed by atoms with Gasteiger partial charge in [0.05, 0.1) is 12.7 Å². The number of amides is 2. The SMILES string of the molecule is NC(=O)c1cccc2c1CCCN2C(=O)c1cn(Cc2ccccc2)nn1. The van der Waals surface area contributed by atoms with Gasteiger partial charge >= 0.3 is 0 Å². The third-order valence-corrected chi connectivity index (χ3v) is 4.71. The highest BCUT2D eigenvalue weighted by Crippen LogP contribution is 2.30. The zero-order valence-corrected chi connectivity index (χ0v) is 14.7. The lowest BCUT2D eigenvalue weighted by Gasteiger charge is -2.29. The molecule has 1 aliphatic rings. The normalized spacial score (nSPS) is 13.3. The molecule has 7 nitrogen and oxygen atoms in total. The minimum Gasteiger partial charge on any atom is -0.366 e. The Morgan fingerprint density at radius 2 is 1.89 bits per heavy atom. The molecule has 2 aromatic carbocycles. The highest BCUT2D eigenvalue weighted by Gasteiger charge is 2.27. The molecule has 0 unspecified atom stereocenters. The molecule has 27 heavy (non-hydrogen) atoms. The molecular formula is C20H19N5O2. The smallest absolute Gasteiger partial charge is 0.280 e. The van der Waals surface area contributed by atoms with Crippen LogP contribution in [0.5, 0.6) is 0 Å². The number of hydrogen-bond donors (Lipinski definition) is 1. The number of benzene rings is 2. The fraction of sp³-hybridized carbons (Fsp3) is 0.200. The number of carbonyl (C=O) groups is 2. The summed E-state index contributed by atoms with van der Waals surface area (Å²) < 4.78 is 1.65. The van der Waals surface area contributed by atoms with Crippen molar-refractivity contribution in [2.45, 2.75) is 19.4 Å². The van der Waals surface area contributed by atoms with E-state index in [1.54, 1.807) is 27.9 Å². The summed E-state index contributed by atoms with van der Waals surface area (Å²) >= 11 is 0. The number of rotatable bonds is 4. The van der Waals surface area contributed by atoms with Crippen LogP contribution in [-0.2, 0) is 13.0 Å². The molecular weight excluding hydrogens is 342 g/mol. The summed E-state index contributed by atoms with van der Waals surface area (Å²) in [5, 5.41) is 8.12. The van der Waals surface area contributed by atoms with Crippen LogP contribution in [0.4, 0.5) is 5.69 Å². The van der Waals surface area contributed by atoms with Gasteiger partial charge in [-0.2, -0.15) is 0 Å². The van der Waals surface area contributed by atoms with Crippen molar-refractivity contribution in [1.29, 1.82) is 0 Å². The molecule has 3 aromatic rings. The van der Waals surface area contributed by atoms with E-state index in [0.29, 0.717) is 18.7 Å². The van der Waals surface area contributed by atoms with E-state index < -0.39 is 5.91 Å². The molecule has 0 radical (unpaired) electrons. The minimum atomic E-state index is -0.477. The molecule has 0 spiro atoms. The van der Waals surface area contributed by atoms with Crippen LogP contribution in [-0.4, -0.2) is 33.4 Å². The summed E-state index contributed by atoms with van der Waals surface area (Å²) in [6.45, 7) is 1.11. The molecule has 2 amide bonds. The fourth-order valence-corrected chi connectivity index (χ4v) is 3.45. The topological polar surface area (TPSA) is 94.1 Å². The number of nitrogens with zero attached hydrogens (tertiary/aromatic N) is 4. The number of fused-ring (bicyclic) bond motifs is 1. The molecule has 136 valence electrons. The lowest BCUT2D eigenvalue weighted by atomic mass is 9.95. The quantitative estimate of drug-likeness (QED) is 0.769. The summed E-state index contributed by atoms with van der Waals surface area (Å²) in [7, 11) is 0. The average Bonchev–Trinajstić information content (AvgIpc) is 3.15. The number of anilines is 1. The summed E-state index contributed by atoms with van der Waals surface area (Å²) in [5.74, 6) is -0.702. The Morgan fingerprint density at radius 1 is 1.07 bits per heavy atom.